The summed E-state index contributed by atoms with van der Waals surface area (Å²) in [7, 11) is 1.97. The van der Waals surface area contributed by atoms with Crippen molar-refractivity contribution in [2.24, 2.45) is 0 Å². The van der Waals surface area contributed by atoms with Crippen molar-refractivity contribution in [1.29, 1.82) is 0 Å². The van der Waals surface area contributed by atoms with Crippen LogP contribution in [0.5, 0.6) is 0 Å². The third-order valence-corrected chi connectivity index (χ3v) is 4.98. The van der Waals surface area contributed by atoms with Gasteiger partial charge in [0.15, 0.2) is 0 Å². The Kier molecular flexibility index (Phi) is 3.77. The molecular weight excluding hydrogens is 258 g/mol. The highest BCUT2D eigenvalue weighted by atomic mass is 32.2. The van der Waals surface area contributed by atoms with Crippen LogP contribution in [-0.2, 0) is 11.3 Å². The van der Waals surface area contributed by atoms with E-state index in [1.807, 2.05) is 30.9 Å². The van der Waals surface area contributed by atoms with Gasteiger partial charge in [-0.3, -0.25) is 0 Å². The number of hydrogen-bond acceptors (Lipinski definition) is 4. The highest BCUT2D eigenvalue weighted by Crippen LogP contribution is 2.34. The van der Waals surface area contributed by atoms with Crippen LogP contribution in [0, 0.1) is 0 Å². The molecule has 1 aliphatic rings. The monoisotopic (exact) mass is 277 g/mol. The van der Waals surface area contributed by atoms with Gasteiger partial charge in [0.25, 0.3) is 0 Å². The van der Waals surface area contributed by atoms with E-state index < -0.39 is 0 Å². The molecule has 5 heteroatoms. The zero-order chi connectivity index (χ0) is 13.2. The second-order valence-corrected chi connectivity index (χ2v) is 6.07. The Bertz CT molecular complexity index is 569. The minimum absolute atomic E-state index is 0.317. The number of ether oxygens (including phenoxy) is 1. The van der Waals surface area contributed by atoms with Crippen LogP contribution in [0.25, 0.3) is 5.65 Å². The predicted octanol–water partition coefficient (Wildman–Crippen LogP) is 2.32. The molecule has 0 spiro atoms. The Morgan fingerprint density at radius 2 is 2.42 bits per heavy atom. The van der Waals surface area contributed by atoms with E-state index in [4.69, 9.17) is 9.72 Å². The fraction of sp³-hybridized carbons (Fsp3) is 0.500. The first kappa shape index (κ1) is 13.0. The molecule has 2 unspecified atom stereocenters. The molecule has 0 bridgehead atoms. The number of imidazole rings is 1. The van der Waals surface area contributed by atoms with Crippen molar-refractivity contribution < 1.29 is 4.74 Å². The lowest BCUT2D eigenvalue weighted by atomic mass is 10.3. The Morgan fingerprint density at radius 3 is 3.16 bits per heavy atom. The zero-order valence-corrected chi connectivity index (χ0v) is 12.1. The molecular formula is C14H19N3OS. The Morgan fingerprint density at radius 1 is 1.53 bits per heavy atom. The van der Waals surface area contributed by atoms with Crippen LogP contribution < -0.4 is 5.32 Å². The summed E-state index contributed by atoms with van der Waals surface area (Å²) in [5.41, 5.74) is 2.25. The summed E-state index contributed by atoms with van der Waals surface area (Å²) < 4.78 is 7.81. The molecule has 1 N–H and O–H groups in total. The largest absolute Gasteiger partial charge is 0.377 e. The summed E-state index contributed by atoms with van der Waals surface area (Å²) in [5.74, 6) is 0. The van der Waals surface area contributed by atoms with Gasteiger partial charge < -0.3 is 14.5 Å². The van der Waals surface area contributed by atoms with Gasteiger partial charge in [0.05, 0.1) is 11.8 Å². The third kappa shape index (κ3) is 2.50. The number of nitrogens with one attached hydrogen (secondary N) is 1. The van der Waals surface area contributed by atoms with E-state index in [1.165, 1.54) is 5.69 Å². The van der Waals surface area contributed by atoms with Crippen LogP contribution >= 0.6 is 11.8 Å². The molecule has 2 atom stereocenters. The molecule has 1 aliphatic heterocycles. The number of thioether (sulfide) groups is 1. The van der Waals surface area contributed by atoms with Crippen LogP contribution in [-0.4, -0.2) is 34.4 Å². The molecule has 0 aromatic carbocycles. The van der Waals surface area contributed by atoms with E-state index in [9.17, 15) is 0 Å². The number of fused-ring (bicyclic) bond motifs is 1. The van der Waals surface area contributed by atoms with Crippen molar-refractivity contribution in [3.8, 4) is 0 Å². The van der Waals surface area contributed by atoms with Gasteiger partial charge in [0.1, 0.15) is 10.7 Å². The lowest BCUT2D eigenvalue weighted by molar-refractivity contribution is 0.127. The van der Waals surface area contributed by atoms with E-state index in [0.29, 0.717) is 11.4 Å². The van der Waals surface area contributed by atoms with Gasteiger partial charge in [0, 0.05) is 24.6 Å². The van der Waals surface area contributed by atoms with Gasteiger partial charge in [-0.25, -0.2) is 4.98 Å². The normalized spacial score (nSPS) is 23.3. The van der Waals surface area contributed by atoms with Gasteiger partial charge in [-0.05, 0) is 32.5 Å². The average Bonchev–Trinajstić information content (AvgIpc) is 2.96. The van der Waals surface area contributed by atoms with Gasteiger partial charge in [-0.1, -0.05) is 17.8 Å². The quantitative estimate of drug-likeness (QED) is 0.931. The Hall–Kier alpha value is -1.04. The van der Waals surface area contributed by atoms with E-state index in [1.54, 1.807) is 0 Å². The van der Waals surface area contributed by atoms with Crippen molar-refractivity contribution in [2.75, 3.05) is 13.7 Å². The molecule has 0 amide bonds. The number of rotatable bonds is 4. The smallest absolute Gasteiger partial charge is 0.138 e. The Balaban J connectivity index is 1.95. The van der Waals surface area contributed by atoms with Crippen LogP contribution in [0.4, 0.5) is 0 Å². The van der Waals surface area contributed by atoms with E-state index in [2.05, 4.69) is 28.9 Å². The second kappa shape index (κ2) is 5.53. The van der Waals surface area contributed by atoms with Crippen molar-refractivity contribution >= 4 is 17.4 Å². The first-order chi connectivity index (χ1) is 9.29. The molecule has 4 nitrogen and oxygen atoms in total. The summed E-state index contributed by atoms with van der Waals surface area (Å²) in [6, 6.07) is 6.13. The minimum Gasteiger partial charge on any atom is -0.377 e. The summed E-state index contributed by atoms with van der Waals surface area (Å²) in [5, 5.41) is 4.88. The van der Waals surface area contributed by atoms with E-state index >= 15 is 0 Å². The van der Waals surface area contributed by atoms with Crippen LogP contribution in [0.2, 0.25) is 0 Å². The average molecular weight is 277 g/mol. The van der Waals surface area contributed by atoms with Crippen molar-refractivity contribution in [1.82, 2.24) is 14.7 Å². The molecule has 19 heavy (non-hydrogen) atoms. The minimum atomic E-state index is 0.317. The van der Waals surface area contributed by atoms with E-state index in [0.717, 1.165) is 30.2 Å². The number of aromatic nitrogens is 2. The number of pyridine rings is 1. The highest BCUT2D eigenvalue weighted by molar-refractivity contribution is 8.00. The topological polar surface area (TPSA) is 38.6 Å². The standard InChI is InChI=1S/C14H19N3OS/c1-10-12(6-8-18-10)19-14-11(9-15-2)17-7-4-3-5-13(17)16-14/h3-5,7,10,12,15H,6,8-9H2,1-2H3. The lowest BCUT2D eigenvalue weighted by Crippen LogP contribution is -2.14. The predicted molar refractivity (Wildman–Crippen MR) is 77.6 cm³/mol. The van der Waals surface area contributed by atoms with Crippen LogP contribution in [0.15, 0.2) is 29.4 Å². The van der Waals surface area contributed by atoms with Gasteiger partial charge in [-0.15, -0.1) is 0 Å². The molecule has 0 aliphatic carbocycles. The summed E-state index contributed by atoms with van der Waals surface area (Å²) in [4.78, 5) is 4.76. The zero-order valence-electron chi connectivity index (χ0n) is 11.3. The van der Waals surface area contributed by atoms with Gasteiger partial charge in [0.2, 0.25) is 0 Å². The third-order valence-electron chi connectivity index (χ3n) is 3.51. The maximum Gasteiger partial charge on any atom is 0.138 e. The van der Waals surface area contributed by atoms with Gasteiger partial charge >= 0.3 is 0 Å². The molecule has 2 aromatic heterocycles. The maximum atomic E-state index is 5.64. The summed E-state index contributed by atoms with van der Waals surface area (Å²) in [6.45, 7) is 3.85. The number of nitrogens with zero attached hydrogens (tertiary/aromatic N) is 2. The second-order valence-electron chi connectivity index (χ2n) is 4.84. The molecule has 1 fully saturated rings. The van der Waals surface area contributed by atoms with Crippen LogP contribution in [0.1, 0.15) is 19.0 Å². The van der Waals surface area contributed by atoms with Crippen LogP contribution in [0.3, 0.4) is 0 Å². The first-order valence-corrected chi connectivity index (χ1v) is 7.56. The molecule has 3 rings (SSSR count). The number of hydrogen-bond donors (Lipinski definition) is 1. The van der Waals surface area contributed by atoms with Crippen molar-refractivity contribution in [3.63, 3.8) is 0 Å². The molecule has 0 saturated carbocycles. The molecule has 1 saturated heterocycles. The first-order valence-electron chi connectivity index (χ1n) is 6.68. The van der Waals surface area contributed by atoms with Crippen molar-refractivity contribution in [2.45, 2.75) is 36.3 Å². The fourth-order valence-corrected chi connectivity index (χ4v) is 3.68. The van der Waals surface area contributed by atoms with Gasteiger partial charge in [-0.2, -0.15) is 0 Å². The molecule has 3 heterocycles. The van der Waals surface area contributed by atoms with Crippen molar-refractivity contribution in [3.05, 3.63) is 30.1 Å². The lowest BCUT2D eigenvalue weighted by Gasteiger charge is -2.13. The van der Waals surface area contributed by atoms with E-state index in [-0.39, 0.29) is 0 Å². The molecule has 102 valence electrons. The summed E-state index contributed by atoms with van der Waals surface area (Å²) in [6.07, 6.45) is 3.50. The molecule has 0 radical (unpaired) electrons. The Labute approximate surface area is 117 Å². The SMILES string of the molecule is CNCc1c(SC2CCOC2C)nc2ccccn12. The highest BCUT2D eigenvalue weighted by Gasteiger charge is 2.27. The summed E-state index contributed by atoms with van der Waals surface area (Å²) >= 11 is 1.85. The fourth-order valence-electron chi connectivity index (χ4n) is 2.46. The molecule has 2 aromatic rings. The maximum absolute atomic E-state index is 5.64.